The van der Waals surface area contributed by atoms with Crippen molar-refractivity contribution >= 4 is 24.0 Å². The Kier molecular flexibility index (Phi) is 6.28. The van der Waals surface area contributed by atoms with E-state index in [1.54, 1.807) is 7.11 Å². The second-order valence-electron chi connectivity index (χ2n) is 7.29. The van der Waals surface area contributed by atoms with Crippen molar-refractivity contribution in [2.24, 2.45) is 0 Å². The van der Waals surface area contributed by atoms with Crippen LogP contribution in [0.4, 0.5) is 0 Å². The van der Waals surface area contributed by atoms with E-state index in [0.29, 0.717) is 6.73 Å². The second kappa shape index (κ2) is 7.85. The molecule has 1 aromatic carbocycles. The summed E-state index contributed by atoms with van der Waals surface area (Å²) in [5, 5.41) is 0. The number of rotatable bonds is 7. The average Bonchev–Trinajstić information content (AvgIpc) is 2.78. The van der Waals surface area contributed by atoms with Gasteiger partial charge in [-0.15, -0.1) is 0 Å². The number of halogens is 1. The van der Waals surface area contributed by atoms with Crippen LogP contribution < -0.4 is 4.74 Å². The van der Waals surface area contributed by atoms with Crippen molar-refractivity contribution in [1.82, 2.24) is 9.55 Å². The van der Waals surface area contributed by atoms with E-state index in [1.807, 2.05) is 19.1 Å². The van der Waals surface area contributed by atoms with Gasteiger partial charge in [0.2, 0.25) is 0 Å². The van der Waals surface area contributed by atoms with Crippen LogP contribution in [-0.4, -0.2) is 31.3 Å². The van der Waals surface area contributed by atoms with E-state index in [4.69, 9.17) is 14.5 Å². The lowest BCUT2D eigenvalue weighted by Crippen LogP contribution is -2.22. The number of aryl methyl sites for hydroxylation is 2. The van der Waals surface area contributed by atoms with Crippen molar-refractivity contribution < 1.29 is 9.47 Å². The van der Waals surface area contributed by atoms with Gasteiger partial charge in [0, 0.05) is 14.7 Å². The minimum absolute atomic E-state index is 0.484. The van der Waals surface area contributed by atoms with Crippen LogP contribution in [-0.2, 0) is 11.5 Å². The highest BCUT2D eigenvalue weighted by Gasteiger charge is 2.18. The van der Waals surface area contributed by atoms with Crippen LogP contribution in [0.15, 0.2) is 22.8 Å². The number of imidazole rings is 1. The van der Waals surface area contributed by atoms with Crippen LogP contribution in [0.2, 0.25) is 25.7 Å². The summed E-state index contributed by atoms with van der Waals surface area (Å²) in [5.74, 6) is 1.69. The second-order valence-corrected chi connectivity index (χ2v) is 13.7. The molecule has 2 aromatic rings. The molecule has 0 N–H and O–H groups in total. The Balaban J connectivity index is 2.29. The van der Waals surface area contributed by atoms with Gasteiger partial charge < -0.3 is 9.47 Å². The monoisotopic (exact) mass is 410 g/mol. The molecule has 0 bridgehead atoms. The molecule has 0 aliphatic rings. The average molecular weight is 411 g/mol. The molecule has 0 unspecified atom stereocenters. The van der Waals surface area contributed by atoms with Crippen molar-refractivity contribution in [3.63, 3.8) is 0 Å². The molecule has 6 heteroatoms. The van der Waals surface area contributed by atoms with Crippen molar-refractivity contribution in [2.75, 3.05) is 13.7 Å². The van der Waals surface area contributed by atoms with Crippen LogP contribution in [0.1, 0.15) is 11.3 Å². The van der Waals surface area contributed by atoms with Gasteiger partial charge in [-0.3, -0.25) is 4.57 Å². The summed E-state index contributed by atoms with van der Waals surface area (Å²) in [6.45, 7) is 12.4. The van der Waals surface area contributed by atoms with Gasteiger partial charge in [0.1, 0.15) is 22.9 Å². The molecule has 24 heavy (non-hydrogen) atoms. The molecule has 0 saturated carbocycles. The number of nitrogens with zero attached hydrogens (tertiary/aromatic N) is 2. The molecule has 0 radical (unpaired) electrons. The van der Waals surface area contributed by atoms with E-state index in [1.165, 1.54) is 5.56 Å². The van der Waals surface area contributed by atoms with Gasteiger partial charge in [-0.25, -0.2) is 4.98 Å². The van der Waals surface area contributed by atoms with Gasteiger partial charge in [0.15, 0.2) is 0 Å². The van der Waals surface area contributed by atoms with Crippen molar-refractivity contribution in [1.29, 1.82) is 0 Å². The highest BCUT2D eigenvalue weighted by atomic mass is 79.9. The standard InChI is InChI=1S/C18H27BrN2O2Si/c1-13-7-8-16(22-3)15(11-13)18-20-14(2)17(19)21(18)12-23-9-10-24(4,5)6/h7-8,11H,9-10,12H2,1-6H3. The maximum Gasteiger partial charge on any atom is 0.146 e. The van der Waals surface area contributed by atoms with Crippen LogP contribution in [0.25, 0.3) is 11.4 Å². The van der Waals surface area contributed by atoms with Crippen LogP contribution in [0.3, 0.4) is 0 Å². The smallest absolute Gasteiger partial charge is 0.146 e. The number of hydrogen-bond donors (Lipinski definition) is 0. The predicted octanol–water partition coefficient (Wildman–Crippen LogP) is 5.25. The first-order chi connectivity index (χ1) is 11.2. The number of hydrogen-bond acceptors (Lipinski definition) is 3. The van der Waals surface area contributed by atoms with Gasteiger partial charge in [0.25, 0.3) is 0 Å². The third kappa shape index (κ3) is 4.71. The largest absolute Gasteiger partial charge is 0.496 e. The third-order valence-electron chi connectivity index (χ3n) is 3.88. The fourth-order valence-electron chi connectivity index (χ4n) is 2.41. The summed E-state index contributed by atoms with van der Waals surface area (Å²) in [4.78, 5) is 4.72. The molecule has 0 spiro atoms. The van der Waals surface area contributed by atoms with E-state index < -0.39 is 8.07 Å². The molecule has 0 aliphatic carbocycles. The zero-order valence-electron chi connectivity index (χ0n) is 15.4. The lowest BCUT2D eigenvalue weighted by atomic mass is 10.1. The number of methoxy groups -OCH3 is 1. The molecular formula is C18H27BrN2O2Si. The molecule has 0 saturated heterocycles. The van der Waals surface area contributed by atoms with Crippen molar-refractivity contribution in [2.45, 2.75) is 46.3 Å². The van der Waals surface area contributed by atoms with E-state index >= 15 is 0 Å². The Morgan fingerprint density at radius 3 is 2.54 bits per heavy atom. The first kappa shape index (κ1) is 19.2. The van der Waals surface area contributed by atoms with Crippen LogP contribution in [0.5, 0.6) is 5.75 Å². The number of benzene rings is 1. The fourth-order valence-corrected chi connectivity index (χ4v) is 3.52. The normalized spacial score (nSPS) is 11.8. The topological polar surface area (TPSA) is 36.3 Å². The molecule has 1 heterocycles. The molecule has 132 valence electrons. The SMILES string of the molecule is COc1ccc(C)cc1-c1nc(C)c(Br)n1COCC[Si](C)(C)C. The van der Waals surface area contributed by atoms with Crippen molar-refractivity contribution in [3.05, 3.63) is 34.1 Å². The quantitative estimate of drug-likeness (QED) is 0.461. The van der Waals surface area contributed by atoms with Gasteiger partial charge in [0.05, 0.1) is 18.4 Å². The molecule has 0 fully saturated rings. The summed E-state index contributed by atoms with van der Waals surface area (Å²) in [6.07, 6.45) is 0. The maximum atomic E-state index is 5.94. The lowest BCUT2D eigenvalue weighted by molar-refractivity contribution is 0.0868. The van der Waals surface area contributed by atoms with E-state index in [9.17, 15) is 0 Å². The zero-order chi connectivity index (χ0) is 17.9. The zero-order valence-corrected chi connectivity index (χ0v) is 18.0. The molecule has 1 aromatic heterocycles. The molecule has 0 amide bonds. The first-order valence-corrected chi connectivity index (χ1v) is 12.7. The lowest BCUT2D eigenvalue weighted by Gasteiger charge is -2.17. The minimum Gasteiger partial charge on any atom is -0.496 e. The highest BCUT2D eigenvalue weighted by Crippen LogP contribution is 2.33. The molecular weight excluding hydrogens is 384 g/mol. The summed E-state index contributed by atoms with van der Waals surface area (Å²) < 4.78 is 14.5. The summed E-state index contributed by atoms with van der Waals surface area (Å²) in [5.41, 5.74) is 3.11. The van der Waals surface area contributed by atoms with Gasteiger partial charge in [-0.1, -0.05) is 31.3 Å². The predicted molar refractivity (Wildman–Crippen MR) is 105 cm³/mol. The Bertz CT molecular complexity index is 708. The highest BCUT2D eigenvalue weighted by molar-refractivity contribution is 9.10. The summed E-state index contributed by atoms with van der Waals surface area (Å²) in [6, 6.07) is 7.29. The molecule has 0 atom stereocenters. The molecule has 2 rings (SSSR count). The van der Waals surface area contributed by atoms with E-state index in [0.717, 1.165) is 40.1 Å². The maximum absolute atomic E-state index is 5.94. The summed E-state index contributed by atoms with van der Waals surface area (Å²) in [7, 11) is 0.603. The fraction of sp³-hybridized carbons (Fsp3) is 0.500. The summed E-state index contributed by atoms with van der Waals surface area (Å²) >= 11 is 3.64. The molecule has 0 aliphatic heterocycles. The van der Waals surface area contributed by atoms with Gasteiger partial charge >= 0.3 is 0 Å². The Hall–Kier alpha value is -1.11. The number of ether oxygens (including phenoxy) is 2. The Morgan fingerprint density at radius 1 is 1.21 bits per heavy atom. The van der Waals surface area contributed by atoms with E-state index in [-0.39, 0.29) is 0 Å². The third-order valence-corrected chi connectivity index (χ3v) is 6.58. The Morgan fingerprint density at radius 2 is 1.92 bits per heavy atom. The van der Waals surface area contributed by atoms with Gasteiger partial charge in [-0.05, 0) is 48.0 Å². The molecule has 4 nitrogen and oxygen atoms in total. The first-order valence-electron chi connectivity index (χ1n) is 8.18. The van der Waals surface area contributed by atoms with Crippen LogP contribution in [0, 0.1) is 13.8 Å². The van der Waals surface area contributed by atoms with Gasteiger partial charge in [-0.2, -0.15) is 0 Å². The minimum atomic E-state index is -1.09. The Labute approximate surface area is 154 Å². The number of aromatic nitrogens is 2. The van der Waals surface area contributed by atoms with E-state index in [2.05, 4.69) is 53.1 Å². The van der Waals surface area contributed by atoms with Crippen molar-refractivity contribution in [3.8, 4) is 17.1 Å². The van der Waals surface area contributed by atoms with Crippen LogP contribution >= 0.6 is 15.9 Å².